The topological polar surface area (TPSA) is 53.4 Å². The molecule has 0 saturated carbocycles. The van der Waals surface area contributed by atoms with Crippen molar-refractivity contribution in [3.05, 3.63) is 34.2 Å². The third-order valence-corrected chi connectivity index (χ3v) is 3.86. The lowest BCUT2D eigenvalue weighted by atomic mass is 10.1. The number of aromatic nitrogens is 1. The van der Waals surface area contributed by atoms with Crippen LogP contribution in [-0.4, -0.2) is 30.2 Å². The number of thiazole rings is 1. The van der Waals surface area contributed by atoms with Crippen molar-refractivity contribution in [1.29, 1.82) is 0 Å². The summed E-state index contributed by atoms with van der Waals surface area (Å²) in [6.45, 7) is 0. The minimum atomic E-state index is -0.990. The highest BCUT2D eigenvalue weighted by atomic mass is 35.5. The van der Waals surface area contributed by atoms with Crippen LogP contribution in [0.25, 0.3) is 11.3 Å². The Kier molecular flexibility index (Phi) is 3.54. The highest BCUT2D eigenvalue weighted by Gasteiger charge is 2.20. The number of hydrogen-bond donors (Lipinski definition) is 1. The number of carboxylic acids is 1. The molecule has 18 heavy (non-hydrogen) atoms. The van der Waals surface area contributed by atoms with Crippen LogP contribution in [-0.2, 0) is 0 Å². The summed E-state index contributed by atoms with van der Waals surface area (Å²) in [7, 11) is 3.64. The molecule has 4 nitrogen and oxygen atoms in total. The molecular weight excluding hydrogens is 272 g/mol. The first-order chi connectivity index (χ1) is 8.50. The summed E-state index contributed by atoms with van der Waals surface area (Å²) in [4.78, 5) is 17.6. The fourth-order valence-corrected chi connectivity index (χ4v) is 2.55. The molecule has 0 fully saturated rings. The Morgan fingerprint density at radius 2 is 2.06 bits per heavy atom. The number of benzene rings is 1. The number of rotatable bonds is 3. The van der Waals surface area contributed by atoms with Crippen LogP contribution in [0, 0.1) is 0 Å². The van der Waals surface area contributed by atoms with E-state index in [1.807, 2.05) is 20.2 Å². The lowest BCUT2D eigenvalue weighted by molar-refractivity contribution is 0.0702. The van der Waals surface area contributed by atoms with E-state index in [0.29, 0.717) is 21.4 Å². The number of nitrogens with zero attached hydrogens (tertiary/aromatic N) is 2. The van der Waals surface area contributed by atoms with Gasteiger partial charge < -0.3 is 10.0 Å². The van der Waals surface area contributed by atoms with Gasteiger partial charge in [0.25, 0.3) is 0 Å². The summed E-state index contributed by atoms with van der Waals surface area (Å²) in [5, 5.41) is 10.4. The maximum Gasteiger partial charge on any atom is 0.348 e. The first-order valence-electron chi connectivity index (χ1n) is 5.17. The second-order valence-electron chi connectivity index (χ2n) is 3.85. The SMILES string of the molecule is CN(C)c1nc(-c2ccccc2Cl)c(C(=O)O)s1. The van der Waals surface area contributed by atoms with Crippen molar-refractivity contribution in [2.24, 2.45) is 0 Å². The Morgan fingerprint density at radius 1 is 1.39 bits per heavy atom. The molecule has 2 aromatic rings. The Balaban J connectivity index is 2.63. The first kappa shape index (κ1) is 12.9. The molecule has 0 saturated heterocycles. The van der Waals surface area contributed by atoms with Crippen molar-refractivity contribution >= 4 is 34.0 Å². The minimum absolute atomic E-state index is 0.201. The van der Waals surface area contributed by atoms with Gasteiger partial charge in [0, 0.05) is 19.7 Å². The number of carboxylic acid groups (broad SMARTS) is 1. The van der Waals surface area contributed by atoms with Gasteiger partial charge in [0.1, 0.15) is 4.88 Å². The van der Waals surface area contributed by atoms with Gasteiger partial charge in [-0.1, -0.05) is 41.1 Å². The molecule has 0 aliphatic heterocycles. The predicted octanol–water partition coefficient (Wildman–Crippen LogP) is 3.23. The van der Waals surface area contributed by atoms with E-state index in [1.165, 1.54) is 0 Å². The second kappa shape index (κ2) is 4.96. The molecule has 1 N–H and O–H groups in total. The van der Waals surface area contributed by atoms with Gasteiger partial charge in [0.15, 0.2) is 5.13 Å². The van der Waals surface area contributed by atoms with Crippen LogP contribution >= 0.6 is 22.9 Å². The van der Waals surface area contributed by atoms with E-state index in [0.717, 1.165) is 11.3 Å². The molecule has 2 rings (SSSR count). The number of halogens is 1. The van der Waals surface area contributed by atoms with Gasteiger partial charge in [-0.25, -0.2) is 9.78 Å². The van der Waals surface area contributed by atoms with Gasteiger partial charge in [0.05, 0.1) is 10.7 Å². The molecule has 0 bridgehead atoms. The van der Waals surface area contributed by atoms with E-state index in [1.54, 1.807) is 23.1 Å². The summed E-state index contributed by atoms with van der Waals surface area (Å²) >= 11 is 7.22. The number of hydrogen-bond acceptors (Lipinski definition) is 4. The third kappa shape index (κ3) is 2.32. The molecule has 0 spiro atoms. The Morgan fingerprint density at radius 3 is 2.61 bits per heavy atom. The standard InChI is InChI=1S/C12H11ClN2O2S/c1-15(2)12-14-9(10(18-12)11(16)17)7-5-3-4-6-8(7)13/h3-6H,1-2H3,(H,16,17). The fourth-order valence-electron chi connectivity index (χ4n) is 1.48. The maximum absolute atomic E-state index is 11.3. The van der Waals surface area contributed by atoms with E-state index in [2.05, 4.69) is 4.98 Å². The van der Waals surface area contributed by atoms with Crippen LogP contribution in [0.3, 0.4) is 0 Å². The normalized spacial score (nSPS) is 10.4. The quantitative estimate of drug-likeness (QED) is 0.939. The minimum Gasteiger partial charge on any atom is -0.477 e. The fraction of sp³-hybridized carbons (Fsp3) is 0.167. The molecule has 0 unspecified atom stereocenters. The summed E-state index contributed by atoms with van der Waals surface area (Å²) in [5.41, 5.74) is 1.06. The Hall–Kier alpha value is -1.59. The lowest BCUT2D eigenvalue weighted by Gasteiger charge is -2.05. The number of anilines is 1. The second-order valence-corrected chi connectivity index (χ2v) is 5.24. The highest BCUT2D eigenvalue weighted by molar-refractivity contribution is 7.17. The summed E-state index contributed by atoms with van der Waals surface area (Å²) in [5.74, 6) is -0.990. The van der Waals surface area contributed by atoms with Crippen LogP contribution in [0.2, 0.25) is 5.02 Å². The molecule has 0 aliphatic carbocycles. The predicted molar refractivity (Wildman–Crippen MR) is 73.8 cm³/mol. The molecule has 0 atom stereocenters. The highest BCUT2D eigenvalue weighted by Crippen LogP contribution is 2.35. The Bertz CT molecular complexity index is 596. The zero-order valence-corrected chi connectivity index (χ0v) is 11.4. The van der Waals surface area contributed by atoms with Gasteiger partial charge in [-0.15, -0.1) is 0 Å². The Labute approximate surface area is 113 Å². The van der Waals surface area contributed by atoms with Crippen molar-refractivity contribution in [2.75, 3.05) is 19.0 Å². The van der Waals surface area contributed by atoms with Gasteiger partial charge >= 0.3 is 5.97 Å². The number of carbonyl (C=O) groups is 1. The average molecular weight is 283 g/mol. The monoisotopic (exact) mass is 282 g/mol. The molecule has 0 radical (unpaired) electrons. The van der Waals surface area contributed by atoms with Crippen molar-refractivity contribution in [1.82, 2.24) is 4.98 Å². The molecule has 94 valence electrons. The van der Waals surface area contributed by atoms with Crippen LogP contribution in [0.5, 0.6) is 0 Å². The lowest BCUT2D eigenvalue weighted by Crippen LogP contribution is -2.07. The molecule has 1 aromatic heterocycles. The smallest absolute Gasteiger partial charge is 0.348 e. The van der Waals surface area contributed by atoms with E-state index in [4.69, 9.17) is 11.6 Å². The zero-order valence-electron chi connectivity index (χ0n) is 9.85. The van der Waals surface area contributed by atoms with E-state index >= 15 is 0 Å². The molecule has 0 amide bonds. The van der Waals surface area contributed by atoms with E-state index in [-0.39, 0.29) is 4.88 Å². The maximum atomic E-state index is 11.3. The van der Waals surface area contributed by atoms with Gasteiger partial charge in [-0.2, -0.15) is 0 Å². The van der Waals surface area contributed by atoms with Crippen LogP contribution in [0.1, 0.15) is 9.67 Å². The zero-order chi connectivity index (χ0) is 13.3. The van der Waals surface area contributed by atoms with Gasteiger partial charge in [-0.05, 0) is 6.07 Å². The van der Waals surface area contributed by atoms with Crippen LogP contribution in [0.15, 0.2) is 24.3 Å². The van der Waals surface area contributed by atoms with E-state index < -0.39 is 5.97 Å². The molecule has 6 heteroatoms. The first-order valence-corrected chi connectivity index (χ1v) is 6.36. The largest absolute Gasteiger partial charge is 0.477 e. The summed E-state index contributed by atoms with van der Waals surface area (Å²) < 4.78 is 0. The number of aromatic carboxylic acids is 1. The third-order valence-electron chi connectivity index (χ3n) is 2.32. The van der Waals surface area contributed by atoms with Crippen molar-refractivity contribution in [2.45, 2.75) is 0 Å². The van der Waals surface area contributed by atoms with Crippen molar-refractivity contribution < 1.29 is 9.90 Å². The molecule has 1 aromatic carbocycles. The van der Waals surface area contributed by atoms with E-state index in [9.17, 15) is 9.90 Å². The van der Waals surface area contributed by atoms with Crippen LogP contribution in [0.4, 0.5) is 5.13 Å². The average Bonchev–Trinajstić information content (AvgIpc) is 2.74. The van der Waals surface area contributed by atoms with Crippen molar-refractivity contribution in [3.8, 4) is 11.3 Å². The van der Waals surface area contributed by atoms with Crippen molar-refractivity contribution in [3.63, 3.8) is 0 Å². The van der Waals surface area contributed by atoms with Gasteiger partial charge in [0.2, 0.25) is 0 Å². The molecule has 1 heterocycles. The summed E-state index contributed by atoms with van der Waals surface area (Å²) in [6, 6.07) is 7.09. The van der Waals surface area contributed by atoms with Gasteiger partial charge in [-0.3, -0.25) is 0 Å². The summed E-state index contributed by atoms with van der Waals surface area (Å²) in [6.07, 6.45) is 0. The molecular formula is C12H11ClN2O2S. The molecule has 0 aliphatic rings. The van der Waals surface area contributed by atoms with Crippen LogP contribution < -0.4 is 4.90 Å².